The van der Waals surface area contributed by atoms with Crippen molar-refractivity contribution in [1.82, 2.24) is 9.80 Å². The number of rotatable bonds is 4. The Bertz CT molecular complexity index is 426. The number of carboxylic acid groups (broad SMARTS) is 1. The number of carbonyl (C=O) groups excluding carboxylic acids is 2. The molecule has 2 fully saturated rings. The summed E-state index contributed by atoms with van der Waals surface area (Å²) in [6.07, 6.45) is 4.02. The third kappa shape index (κ3) is 3.86. The van der Waals surface area contributed by atoms with Crippen LogP contribution in [0.3, 0.4) is 0 Å². The average Bonchev–Trinajstić information content (AvgIpc) is 2.94. The van der Waals surface area contributed by atoms with Crippen LogP contribution in [-0.4, -0.2) is 58.5 Å². The third-order valence-corrected chi connectivity index (χ3v) is 4.43. The van der Waals surface area contributed by atoms with Crippen molar-refractivity contribution >= 4 is 17.9 Å². The van der Waals surface area contributed by atoms with Crippen LogP contribution >= 0.6 is 0 Å². The smallest absolute Gasteiger partial charge is 0.320 e. The van der Waals surface area contributed by atoms with Gasteiger partial charge in [-0.25, -0.2) is 4.79 Å². The Morgan fingerprint density at radius 1 is 1.14 bits per heavy atom. The van der Waals surface area contributed by atoms with E-state index in [2.05, 4.69) is 0 Å². The lowest BCUT2D eigenvalue weighted by Crippen LogP contribution is -2.50. The number of hydrogen-bond acceptors (Lipinski definition) is 3. The van der Waals surface area contributed by atoms with Crippen LogP contribution in [0.4, 0.5) is 4.79 Å². The normalized spacial score (nSPS) is 25.9. The fraction of sp³-hybridized carbons (Fsp3) is 0.786. The molecule has 2 aliphatic heterocycles. The van der Waals surface area contributed by atoms with E-state index in [1.54, 1.807) is 9.80 Å². The van der Waals surface area contributed by atoms with Crippen molar-refractivity contribution in [3.63, 3.8) is 0 Å². The largest absolute Gasteiger partial charge is 0.481 e. The zero-order valence-corrected chi connectivity index (χ0v) is 12.2. The Kier molecular flexibility index (Phi) is 5.03. The fourth-order valence-electron chi connectivity index (χ4n) is 3.19. The molecule has 0 aromatic carbocycles. The number of carboxylic acids is 1. The first-order valence-corrected chi connectivity index (χ1v) is 7.55. The minimum atomic E-state index is -0.831. The molecule has 0 aromatic heterocycles. The predicted octanol–water partition coefficient (Wildman–Crippen LogP) is 0.633. The molecule has 2 saturated heterocycles. The number of likely N-dealkylation sites (tertiary alicyclic amines) is 2. The number of nitrogens with two attached hydrogens (primary N) is 1. The van der Waals surface area contributed by atoms with Crippen molar-refractivity contribution in [2.45, 2.75) is 44.6 Å². The number of aliphatic carboxylic acids is 1. The highest BCUT2D eigenvalue weighted by Gasteiger charge is 2.35. The van der Waals surface area contributed by atoms with Gasteiger partial charge in [-0.2, -0.15) is 0 Å². The lowest BCUT2D eigenvalue weighted by molar-refractivity contribution is -0.137. The van der Waals surface area contributed by atoms with E-state index in [1.165, 1.54) is 0 Å². The number of nitrogens with zero attached hydrogens (tertiary/aromatic N) is 2. The van der Waals surface area contributed by atoms with Crippen LogP contribution in [0.25, 0.3) is 0 Å². The second-order valence-electron chi connectivity index (χ2n) is 5.89. The molecule has 3 amide bonds. The molecule has 3 N–H and O–H groups in total. The number of primary amides is 1. The van der Waals surface area contributed by atoms with Crippen LogP contribution in [0.5, 0.6) is 0 Å². The van der Waals surface area contributed by atoms with Gasteiger partial charge < -0.3 is 20.6 Å². The van der Waals surface area contributed by atoms with E-state index in [9.17, 15) is 14.4 Å². The monoisotopic (exact) mass is 297 g/mol. The molecule has 0 saturated carbocycles. The summed E-state index contributed by atoms with van der Waals surface area (Å²) in [7, 11) is 0. The van der Waals surface area contributed by atoms with Gasteiger partial charge in [0, 0.05) is 32.1 Å². The highest BCUT2D eigenvalue weighted by Crippen LogP contribution is 2.25. The molecule has 2 rings (SSSR count). The van der Waals surface area contributed by atoms with Crippen LogP contribution in [0.15, 0.2) is 0 Å². The molecule has 2 aliphatic rings. The van der Waals surface area contributed by atoms with Crippen molar-refractivity contribution in [2.24, 2.45) is 11.7 Å². The van der Waals surface area contributed by atoms with Crippen LogP contribution in [0, 0.1) is 5.92 Å². The van der Waals surface area contributed by atoms with Gasteiger partial charge in [-0.3, -0.25) is 9.59 Å². The summed E-state index contributed by atoms with van der Waals surface area (Å²) >= 11 is 0. The van der Waals surface area contributed by atoms with Crippen molar-refractivity contribution in [1.29, 1.82) is 0 Å². The first-order valence-electron chi connectivity index (χ1n) is 7.55. The van der Waals surface area contributed by atoms with Crippen LogP contribution in [0.2, 0.25) is 0 Å². The summed E-state index contributed by atoms with van der Waals surface area (Å²) in [5.41, 5.74) is 5.29. The van der Waals surface area contributed by atoms with Crippen molar-refractivity contribution in [3.05, 3.63) is 0 Å². The Morgan fingerprint density at radius 2 is 1.90 bits per heavy atom. The van der Waals surface area contributed by atoms with Crippen molar-refractivity contribution < 1.29 is 19.5 Å². The molecule has 0 aliphatic carbocycles. The molecule has 0 radical (unpaired) electrons. The standard InChI is InChI=1S/C14H23N3O4/c15-13(20)10-6-8-16(9-10)14(21)17-7-2-1-3-11(17)4-5-12(18)19/h10-11H,1-9H2,(H2,15,20)(H,18,19). The van der Waals surface area contributed by atoms with E-state index in [1.807, 2.05) is 0 Å². The van der Waals surface area contributed by atoms with E-state index in [0.29, 0.717) is 32.5 Å². The Morgan fingerprint density at radius 3 is 2.52 bits per heavy atom. The first-order chi connectivity index (χ1) is 9.99. The van der Waals surface area contributed by atoms with Gasteiger partial charge in [0.25, 0.3) is 0 Å². The second-order valence-corrected chi connectivity index (χ2v) is 5.89. The molecule has 21 heavy (non-hydrogen) atoms. The number of urea groups is 1. The molecule has 0 aromatic rings. The summed E-state index contributed by atoms with van der Waals surface area (Å²) in [5, 5.41) is 8.81. The molecular weight excluding hydrogens is 274 g/mol. The molecule has 118 valence electrons. The Hall–Kier alpha value is -1.79. The van der Waals surface area contributed by atoms with Gasteiger partial charge in [0.2, 0.25) is 5.91 Å². The van der Waals surface area contributed by atoms with Gasteiger partial charge in [-0.1, -0.05) is 0 Å². The van der Waals surface area contributed by atoms with Crippen molar-refractivity contribution in [3.8, 4) is 0 Å². The number of piperidine rings is 1. The van der Waals surface area contributed by atoms with Gasteiger partial charge in [0.05, 0.1) is 5.92 Å². The van der Waals surface area contributed by atoms with Crippen LogP contribution < -0.4 is 5.73 Å². The SMILES string of the molecule is NC(=O)C1CCN(C(=O)N2CCCCC2CCC(=O)O)C1. The molecular formula is C14H23N3O4. The second kappa shape index (κ2) is 6.78. The lowest BCUT2D eigenvalue weighted by Gasteiger charge is -2.38. The Balaban J connectivity index is 1.95. The van der Waals surface area contributed by atoms with Gasteiger partial charge in [-0.05, 0) is 32.1 Å². The third-order valence-electron chi connectivity index (χ3n) is 4.43. The molecule has 2 heterocycles. The van der Waals surface area contributed by atoms with Crippen LogP contribution in [0.1, 0.15) is 38.5 Å². The van der Waals surface area contributed by atoms with E-state index in [0.717, 1.165) is 19.3 Å². The fourth-order valence-corrected chi connectivity index (χ4v) is 3.19. The summed E-state index contributed by atoms with van der Waals surface area (Å²) < 4.78 is 0. The predicted molar refractivity (Wildman–Crippen MR) is 75.5 cm³/mol. The summed E-state index contributed by atoms with van der Waals surface area (Å²) in [5.74, 6) is -1.44. The van der Waals surface area contributed by atoms with E-state index in [4.69, 9.17) is 10.8 Å². The number of carbonyl (C=O) groups is 3. The number of amides is 3. The van der Waals surface area contributed by atoms with E-state index >= 15 is 0 Å². The highest BCUT2D eigenvalue weighted by atomic mass is 16.4. The van der Waals surface area contributed by atoms with Gasteiger partial charge in [-0.15, -0.1) is 0 Å². The van der Waals surface area contributed by atoms with E-state index in [-0.39, 0.29) is 30.3 Å². The minimum Gasteiger partial charge on any atom is -0.481 e. The van der Waals surface area contributed by atoms with E-state index < -0.39 is 5.97 Å². The molecule has 7 nitrogen and oxygen atoms in total. The maximum atomic E-state index is 12.6. The molecule has 7 heteroatoms. The maximum Gasteiger partial charge on any atom is 0.320 e. The quantitative estimate of drug-likeness (QED) is 0.794. The topological polar surface area (TPSA) is 104 Å². The summed E-state index contributed by atoms with van der Waals surface area (Å²) in [4.78, 5) is 38.0. The summed E-state index contributed by atoms with van der Waals surface area (Å²) in [6.45, 7) is 1.60. The van der Waals surface area contributed by atoms with Gasteiger partial charge in [0.15, 0.2) is 0 Å². The van der Waals surface area contributed by atoms with Gasteiger partial charge >= 0.3 is 12.0 Å². The number of hydrogen-bond donors (Lipinski definition) is 2. The van der Waals surface area contributed by atoms with Crippen LogP contribution in [-0.2, 0) is 9.59 Å². The maximum absolute atomic E-state index is 12.6. The average molecular weight is 297 g/mol. The zero-order chi connectivity index (χ0) is 15.4. The Labute approximate surface area is 124 Å². The molecule has 2 atom stereocenters. The first kappa shape index (κ1) is 15.6. The minimum absolute atomic E-state index is 0.00465. The highest BCUT2D eigenvalue weighted by molar-refractivity contribution is 5.80. The van der Waals surface area contributed by atoms with Gasteiger partial charge in [0.1, 0.15) is 0 Å². The van der Waals surface area contributed by atoms with Crippen molar-refractivity contribution in [2.75, 3.05) is 19.6 Å². The molecule has 0 spiro atoms. The molecule has 0 bridgehead atoms. The summed E-state index contributed by atoms with van der Waals surface area (Å²) in [6, 6.07) is -0.0798. The molecule has 2 unspecified atom stereocenters. The lowest BCUT2D eigenvalue weighted by atomic mass is 9.98. The zero-order valence-electron chi connectivity index (χ0n) is 12.2.